The molecule has 1 amide bonds. The number of nitrogens with zero attached hydrogens (tertiary/aromatic N) is 3. The number of halogens is 1. The predicted molar refractivity (Wildman–Crippen MR) is 137 cm³/mol. The number of nitrogens with one attached hydrogen (secondary N) is 2. The minimum atomic E-state index is -0.470. The first-order valence-electron chi connectivity index (χ1n) is 11.2. The fraction of sp³-hybridized carbons (Fsp3) is 0.652. The van der Waals surface area contributed by atoms with Crippen molar-refractivity contribution in [3.05, 3.63) is 35.4 Å². The van der Waals surface area contributed by atoms with Crippen LogP contribution in [0.1, 0.15) is 38.8 Å². The first-order valence-corrected chi connectivity index (χ1v) is 11.2. The van der Waals surface area contributed by atoms with Crippen molar-refractivity contribution in [3.8, 4) is 0 Å². The molecule has 2 aliphatic heterocycles. The quantitative estimate of drug-likeness (QED) is 0.317. The van der Waals surface area contributed by atoms with Gasteiger partial charge in [0.15, 0.2) is 5.96 Å². The number of likely N-dealkylation sites (tertiary alicyclic amines) is 1. The number of carbonyl (C=O) groups excluding carboxylic acids is 1. The Morgan fingerprint density at radius 1 is 1.22 bits per heavy atom. The van der Waals surface area contributed by atoms with E-state index in [0.717, 1.165) is 45.4 Å². The number of ether oxygens (including phenoxy) is 2. The van der Waals surface area contributed by atoms with Gasteiger partial charge in [0, 0.05) is 39.3 Å². The number of carbonyl (C=O) groups is 1. The van der Waals surface area contributed by atoms with Crippen molar-refractivity contribution in [2.24, 2.45) is 4.99 Å². The molecule has 1 aromatic carbocycles. The molecule has 2 heterocycles. The Labute approximate surface area is 209 Å². The molecule has 2 fully saturated rings. The van der Waals surface area contributed by atoms with Gasteiger partial charge in [0.2, 0.25) is 0 Å². The Morgan fingerprint density at radius 3 is 2.56 bits per heavy atom. The van der Waals surface area contributed by atoms with Gasteiger partial charge in [0.25, 0.3) is 0 Å². The van der Waals surface area contributed by atoms with Gasteiger partial charge in [0.05, 0.1) is 25.8 Å². The van der Waals surface area contributed by atoms with Crippen LogP contribution in [0.5, 0.6) is 0 Å². The Morgan fingerprint density at radius 2 is 1.91 bits per heavy atom. The van der Waals surface area contributed by atoms with Gasteiger partial charge in [-0.25, -0.2) is 9.79 Å². The normalized spacial score (nSPS) is 17.9. The van der Waals surface area contributed by atoms with Crippen LogP contribution in [-0.2, 0) is 22.6 Å². The monoisotopic (exact) mass is 559 g/mol. The summed E-state index contributed by atoms with van der Waals surface area (Å²) >= 11 is 0. The Kier molecular flexibility index (Phi) is 10.5. The van der Waals surface area contributed by atoms with Gasteiger partial charge >= 0.3 is 6.09 Å². The second-order valence-corrected chi connectivity index (χ2v) is 9.13. The lowest BCUT2D eigenvalue weighted by atomic mass is 10.1. The molecule has 0 spiro atoms. The SMILES string of the molecule is CCNC(=NCc1cccc(CN2CCOCC2)c1)NC1CN(C(=O)OC(C)(C)C)C1.I. The topological polar surface area (TPSA) is 78.4 Å². The van der Waals surface area contributed by atoms with Crippen LogP contribution in [0, 0.1) is 0 Å². The molecule has 0 radical (unpaired) electrons. The van der Waals surface area contributed by atoms with E-state index in [1.807, 2.05) is 27.7 Å². The highest BCUT2D eigenvalue weighted by atomic mass is 127. The van der Waals surface area contributed by atoms with Crippen LogP contribution in [0.25, 0.3) is 0 Å². The van der Waals surface area contributed by atoms with Crippen LogP contribution in [-0.4, -0.2) is 79.4 Å². The van der Waals surface area contributed by atoms with Crippen LogP contribution in [0.3, 0.4) is 0 Å². The summed E-state index contributed by atoms with van der Waals surface area (Å²) in [5.41, 5.74) is 2.02. The summed E-state index contributed by atoms with van der Waals surface area (Å²) < 4.78 is 10.8. The van der Waals surface area contributed by atoms with Crippen molar-refractivity contribution in [1.29, 1.82) is 0 Å². The number of benzene rings is 1. The van der Waals surface area contributed by atoms with Crippen molar-refractivity contribution in [2.45, 2.75) is 52.4 Å². The van der Waals surface area contributed by atoms with E-state index in [-0.39, 0.29) is 36.1 Å². The second-order valence-electron chi connectivity index (χ2n) is 9.13. The summed E-state index contributed by atoms with van der Waals surface area (Å²) in [6.07, 6.45) is -0.260. The molecule has 8 nitrogen and oxygen atoms in total. The summed E-state index contributed by atoms with van der Waals surface area (Å²) in [5.74, 6) is 0.773. The predicted octanol–water partition coefficient (Wildman–Crippen LogP) is 2.81. The fourth-order valence-electron chi connectivity index (χ4n) is 3.57. The summed E-state index contributed by atoms with van der Waals surface area (Å²) in [6, 6.07) is 8.80. The van der Waals surface area contributed by atoms with E-state index in [1.165, 1.54) is 11.1 Å². The molecule has 2 aliphatic rings. The number of guanidine groups is 1. The highest BCUT2D eigenvalue weighted by Gasteiger charge is 2.34. The second kappa shape index (κ2) is 12.6. The average molecular weight is 559 g/mol. The molecule has 0 aliphatic carbocycles. The molecule has 2 N–H and O–H groups in total. The van der Waals surface area contributed by atoms with Crippen LogP contribution < -0.4 is 10.6 Å². The number of morpholine rings is 1. The molecule has 32 heavy (non-hydrogen) atoms. The molecule has 0 aromatic heterocycles. The highest BCUT2D eigenvalue weighted by molar-refractivity contribution is 14.0. The van der Waals surface area contributed by atoms with Gasteiger partial charge < -0.3 is 25.0 Å². The van der Waals surface area contributed by atoms with E-state index >= 15 is 0 Å². The van der Waals surface area contributed by atoms with Crippen molar-refractivity contribution < 1.29 is 14.3 Å². The van der Waals surface area contributed by atoms with E-state index < -0.39 is 5.60 Å². The van der Waals surface area contributed by atoms with Gasteiger partial charge in [-0.2, -0.15) is 0 Å². The molecular weight excluding hydrogens is 521 g/mol. The molecule has 0 unspecified atom stereocenters. The molecule has 0 saturated carbocycles. The lowest BCUT2D eigenvalue weighted by Crippen LogP contribution is -2.63. The molecule has 3 rings (SSSR count). The number of amides is 1. The molecule has 1 aromatic rings. The standard InChI is InChI=1S/C23H37N5O3.HI/c1-5-24-21(26-20-16-28(17-20)22(29)31-23(2,3)4)25-14-18-7-6-8-19(13-18)15-27-9-11-30-12-10-27;/h6-8,13,20H,5,9-12,14-17H2,1-4H3,(H2,24,25,26);1H. The summed E-state index contributed by atoms with van der Waals surface area (Å²) in [7, 11) is 0. The Bertz CT molecular complexity index is 756. The van der Waals surface area contributed by atoms with E-state index in [2.05, 4.69) is 39.8 Å². The first-order chi connectivity index (χ1) is 14.8. The summed E-state index contributed by atoms with van der Waals surface area (Å²) in [4.78, 5) is 21.0. The maximum absolute atomic E-state index is 12.1. The van der Waals surface area contributed by atoms with Gasteiger partial charge in [-0.05, 0) is 38.8 Å². The van der Waals surface area contributed by atoms with E-state index in [0.29, 0.717) is 19.6 Å². The maximum Gasteiger partial charge on any atom is 0.410 e. The summed E-state index contributed by atoms with van der Waals surface area (Å²) in [6.45, 7) is 14.9. The first kappa shape index (κ1) is 26.7. The lowest BCUT2D eigenvalue weighted by molar-refractivity contribution is 0.00700. The van der Waals surface area contributed by atoms with Gasteiger partial charge in [-0.15, -0.1) is 24.0 Å². The highest BCUT2D eigenvalue weighted by Crippen LogP contribution is 2.15. The smallest absolute Gasteiger partial charge is 0.410 e. The molecule has 0 atom stereocenters. The third-order valence-electron chi connectivity index (χ3n) is 5.14. The van der Waals surface area contributed by atoms with Crippen molar-refractivity contribution in [1.82, 2.24) is 20.4 Å². The van der Waals surface area contributed by atoms with Crippen molar-refractivity contribution >= 4 is 36.0 Å². The number of rotatable bonds is 6. The fourth-order valence-corrected chi connectivity index (χ4v) is 3.57. The number of hydrogen-bond donors (Lipinski definition) is 2. The zero-order valence-electron chi connectivity index (χ0n) is 19.7. The van der Waals surface area contributed by atoms with Crippen LogP contribution in [0.15, 0.2) is 29.3 Å². The maximum atomic E-state index is 12.1. The minimum Gasteiger partial charge on any atom is -0.444 e. The van der Waals surface area contributed by atoms with Crippen LogP contribution >= 0.6 is 24.0 Å². The number of aliphatic imine (C=N–C) groups is 1. The van der Waals surface area contributed by atoms with E-state index in [1.54, 1.807) is 4.90 Å². The molecule has 0 bridgehead atoms. The summed E-state index contributed by atoms with van der Waals surface area (Å²) in [5, 5.41) is 6.72. The van der Waals surface area contributed by atoms with Crippen LogP contribution in [0.4, 0.5) is 4.79 Å². The Balaban J connectivity index is 0.00000363. The zero-order chi connectivity index (χ0) is 22.3. The minimum absolute atomic E-state index is 0. The number of hydrogen-bond acceptors (Lipinski definition) is 5. The molecular formula is C23H38IN5O3. The third-order valence-corrected chi connectivity index (χ3v) is 5.14. The lowest BCUT2D eigenvalue weighted by Gasteiger charge is -2.40. The van der Waals surface area contributed by atoms with Gasteiger partial charge in [-0.3, -0.25) is 4.90 Å². The van der Waals surface area contributed by atoms with E-state index in [9.17, 15) is 4.79 Å². The third kappa shape index (κ3) is 8.74. The largest absolute Gasteiger partial charge is 0.444 e. The van der Waals surface area contributed by atoms with Gasteiger partial charge in [-0.1, -0.05) is 24.3 Å². The van der Waals surface area contributed by atoms with Gasteiger partial charge in [0.1, 0.15) is 5.60 Å². The van der Waals surface area contributed by atoms with E-state index in [4.69, 9.17) is 14.5 Å². The average Bonchev–Trinajstić information content (AvgIpc) is 2.68. The molecule has 180 valence electrons. The van der Waals surface area contributed by atoms with Crippen molar-refractivity contribution in [3.63, 3.8) is 0 Å². The van der Waals surface area contributed by atoms with Crippen molar-refractivity contribution in [2.75, 3.05) is 45.9 Å². The molecule has 2 saturated heterocycles. The molecule has 9 heteroatoms. The van der Waals surface area contributed by atoms with Crippen LogP contribution in [0.2, 0.25) is 0 Å². The zero-order valence-corrected chi connectivity index (χ0v) is 22.1. The Hall–Kier alpha value is -1.59.